The van der Waals surface area contributed by atoms with E-state index in [0.29, 0.717) is 11.4 Å². The third kappa shape index (κ3) is 1.59. The van der Waals surface area contributed by atoms with Gasteiger partial charge in [-0.25, -0.2) is 4.68 Å². The van der Waals surface area contributed by atoms with Gasteiger partial charge in [-0.05, 0) is 18.2 Å². The lowest BCUT2D eigenvalue weighted by atomic mass is 10.2. The number of ether oxygens (including phenoxy) is 1. The second kappa shape index (κ2) is 4.07. The lowest BCUT2D eigenvalue weighted by Crippen LogP contribution is -1.98. The standard InChI is InChI=1S/C14H13N3O/c1-18-14-8-11(6-7-12(14)15)17-13-5-3-2-4-10(13)9-16-17/h2-9H,15H2,1H3. The van der Waals surface area contributed by atoms with E-state index in [4.69, 9.17) is 10.5 Å². The molecule has 1 heterocycles. The van der Waals surface area contributed by atoms with Crippen molar-refractivity contribution in [3.8, 4) is 11.4 Å². The van der Waals surface area contributed by atoms with Gasteiger partial charge in [-0.15, -0.1) is 0 Å². The van der Waals surface area contributed by atoms with Crippen molar-refractivity contribution in [2.24, 2.45) is 0 Å². The van der Waals surface area contributed by atoms with Crippen LogP contribution in [0.25, 0.3) is 16.6 Å². The van der Waals surface area contributed by atoms with Gasteiger partial charge in [0.25, 0.3) is 0 Å². The highest BCUT2D eigenvalue weighted by Crippen LogP contribution is 2.26. The first kappa shape index (κ1) is 10.7. The fourth-order valence-corrected chi connectivity index (χ4v) is 2.01. The maximum absolute atomic E-state index is 5.81. The van der Waals surface area contributed by atoms with E-state index in [1.165, 1.54) is 0 Å². The number of benzene rings is 2. The summed E-state index contributed by atoms with van der Waals surface area (Å²) in [5.41, 5.74) is 8.43. The van der Waals surface area contributed by atoms with E-state index in [-0.39, 0.29) is 0 Å². The number of para-hydroxylation sites is 1. The molecular formula is C14H13N3O. The molecule has 1 aromatic heterocycles. The van der Waals surface area contributed by atoms with Crippen molar-refractivity contribution in [3.63, 3.8) is 0 Å². The molecule has 2 N–H and O–H groups in total. The van der Waals surface area contributed by atoms with Crippen LogP contribution >= 0.6 is 0 Å². The Labute approximate surface area is 105 Å². The highest BCUT2D eigenvalue weighted by Gasteiger charge is 2.06. The lowest BCUT2D eigenvalue weighted by Gasteiger charge is -2.08. The van der Waals surface area contributed by atoms with E-state index in [1.807, 2.05) is 53.3 Å². The monoisotopic (exact) mass is 239 g/mol. The first-order valence-corrected chi connectivity index (χ1v) is 5.66. The number of hydrogen-bond acceptors (Lipinski definition) is 3. The highest BCUT2D eigenvalue weighted by atomic mass is 16.5. The lowest BCUT2D eigenvalue weighted by molar-refractivity contribution is 0.416. The van der Waals surface area contributed by atoms with Crippen LogP contribution < -0.4 is 10.5 Å². The Morgan fingerprint density at radius 2 is 2.00 bits per heavy atom. The predicted octanol–water partition coefficient (Wildman–Crippen LogP) is 2.62. The summed E-state index contributed by atoms with van der Waals surface area (Å²) in [5, 5.41) is 5.50. The molecular weight excluding hydrogens is 226 g/mol. The van der Waals surface area contributed by atoms with E-state index in [0.717, 1.165) is 16.6 Å². The molecule has 0 unspecified atom stereocenters. The minimum atomic E-state index is 0.623. The molecule has 2 aromatic carbocycles. The number of nitrogens with zero attached hydrogens (tertiary/aromatic N) is 2. The van der Waals surface area contributed by atoms with Crippen LogP contribution in [0.4, 0.5) is 5.69 Å². The highest BCUT2D eigenvalue weighted by molar-refractivity contribution is 5.80. The number of rotatable bonds is 2. The SMILES string of the molecule is COc1cc(-n2ncc3ccccc32)ccc1N. The maximum Gasteiger partial charge on any atom is 0.143 e. The number of aromatic nitrogens is 2. The summed E-state index contributed by atoms with van der Waals surface area (Å²) >= 11 is 0. The van der Waals surface area contributed by atoms with Crippen LogP contribution in [0.5, 0.6) is 5.75 Å². The first-order valence-electron chi connectivity index (χ1n) is 5.66. The molecule has 4 heteroatoms. The van der Waals surface area contributed by atoms with Crippen molar-refractivity contribution in [2.75, 3.05) is 12.8 Å². The molecule has 4 nitrogen and oxygen atoms in total. The molecule has 0 amide bonds. The van der Waals surface area contributed by atoms with E-state index in [9.17, 15) is 0 Å². The summed E-state index contributed by atoms with van der Waals surface area (Å²) in [7, 11) is 1.61. The van der Waals surface area contributed by atoms with Gasteiger partial charge in [-0.1, -0.05) is 18.2 Å². The number of nitrogens with two attached hydrogens (primary N) is 1. The Kier molecular flexibility index (Phi) is 2.41. The average molecular weight is 239 g/mol. The Morgan fingerprint density at radius 1 is 1.17 bits per heavy atom. The van der Waals surface area contributed by atoms with Crippen LogP contribution in [0.2, 0.25) is 0 Å². The summed E-state index contributed by atoms with van der Waals surface area (Å²) in [6, 6.07) is 13.7. The molecule has 18 heavy (non-hydrogen) atoms. The first-order chi connectivity index (χ1) is 8.79. The van der Waals surface area contributed by atoms with Gasteiger partial charge in [0.15, 0.2) is 0 Å². The van der Waals surface area contributed by atoms with E-state index in [1.54, 1.807) is 7.11 Å². The molecule has 3 aromatic rings. The Balaban J connectivity index is 2.20. The average Bonchev–Trinajstić information content (AvgIpc) is 2.83. The van der Waals surface area contributed by atoms with Gasteiger partial charge in [0.2, 0.25) is 0 Å². The summed E-state index contributed by atoms with van der Waals surface area (Å²) in [4.78, 5) is 0. The van der Waals surface area contributed by atoms with Crippen molar-refractivity contribution >= 4 is 16.6 Å². The molecule has 0 saturated heterocycles. The van der Waals surface area contributed by atoms with Gasteiger partial charge in [-0.2, -0.15) is 5.10 Å². The van der Waals surface area contributed by atoms with Crippen molar-refractivity contribution in [3.05, 3.63) is 48.7 Å². The zero-order chi connectivity index (χ0) is 12.5. The van der Waals surface area contributed by atoms with Crippen molar-refractivity contribution in [2.45, 2.75) is 0 Å². The summed E-state index contributed by atoms with van der Waals surface area (Å²) in [6.07, 6.45) is 1.85. The normalized spacial score (nSPS) is 10.7. The van der Waals surface area contributed by atoms with Crippen LogP contribution in [-0.2, 0) is 0 Å². The minimum Gasteiger partial charge on any atom is -0.495 e. The number of methoxy groups -OCH3 is 1. The number of fused-ring (bicyclic) bond motifs is 1. The second-order valence-electron chi connectivity index (χ2n) is 4.04. The van der Waals surface area contributed by atoms with Gasteiger partial charge >= 0.3 is 0 Å². The van der Waals surface area contributed by atoms with Gasteiger partial charge < -0.3 is 10.5 Å². The van der Waals surface area contributed by atoms with E-state index >= 15 is 0 Å². The molecule has 0 atom stereocenters. The van der Waals surface area contributed by atoms with Crippen molar-refractivity contribution in [1.82, 2.24) is 9.78 Å². The van der Waals surface area contributed by atoms with Gasteiger partial charge in [0.1, 0.15) is 5.75 Å². The van der Waals surface area contributed by atoms with Gasteiger partial charge in [0, 0.05) is 11.5 Å². The van der Waals surface area contributed by atoms with Crippen LogP contribution in [0, 0.1) is 0 Å². The third-order valence-electron chi connectivity index (χ3n) is 2.94. The Morgan fingerprint density at radius 3 is 2.83 bits per heavy atom. The Hall–Kier alpha value is -2.49. The molecule has 0 aliphatic carbocycles. The fraction of sp³-hybridized carbons (Fsp3) is 0.0714. The fourth-order valence-electron chi connectivity index (χ4n) is 2.01. The molecule has 0 saturated carbocycles. The van der Waals surface area contributed by atoms with Crippen molar-refractivity contribution in [1.29, 1.82) is 0 Å². The number of hydrogen-bond donors (Lipinski definition) is 1. The molecule has 0 aliphatic heterocycles. The molecule has 0 spiro atoms. The van der Waals surface area contributed by atoms with Gasteiger partial charge in [-0.3, -0.25) is 0 Å². The predicted molar refractivity (Wildman–Crippen MR) is 72.0 cm³/mol. The number of nitrogen functional groups attached to an aromatic ring is 1. The second-order valence-corrected chi connectivity index (χ2v) is 4.04. The summed E-state index contributed by atoms with van der Waals surface area (Å²) < 4.78 is 7.10. The molecule has 0 aliphatic rings. The molecule has 3 rings (SSSR count). The maximum atomic E-state index is 5.81. The number of anilines is 1. The largest absolute Gasteiger partial charge is 0.495 e. The van der Waals surface area contributed by atoms with E-state index < -0.39 is 0 Å². The zero-order valence-electron chi connectivity index (χ0n) is 10.00. The van der Waals surface area contributed by atoms with Crippen LogP contribution in [-0.4, -0.2) is 16.9 Å². The smallest absolute Gasteiger partial charge is 0.143 e. The molecule has 0 fully saturated rings. The van der Waals surface area contributed by atoms with Crippen LogP contribution in [0.1, 0.15) is 0 Å². The molecule has 90 valence electrons. The van der Waals surface area contributed by atoms with Crippen molar-refractivity contribution < 1.29 is 4.74 Å². The quantitative estimate of drug-likeness (QED) is 0.699. The molecule has 0 bridgehead atoms. The topological polar surface area (TPSA) is 53.1 Å². The van der Waals surface area contributed by atoms with Gasteiger partial charge in [0.05, 0.1) is 30.2 Å². The minimum absolute atomic E-state index is 0.623. The summed E-state index contributed by atoms with van der Waals surface area (Å²) in [6.45, 7) is 0. The van der Waals surface area contributed by atoms with E-state index in [2.05, 4.69) is 5.10 Å². The Bertz CT molecular complexity index is 703. The third-order valence-corrected chi connectivity index (χ3v) is 2.94. The molecule has 0 radical (unpaired) electrons. The summed E-state index contributed by atoms with van der Waals surface area (Å²) in [5.74, 6) is 0.659. The van der Waals surface area contributed by atoms with Crippen LogP contribution in [0.15, 0.2) is 48.7 Å². The van der Waals surface area contributed by atoms with Crippen LogP contribution in [0.3, 0.4) is 0 Å². The zero-order valence-corrected chi connectivity index (χ0v) is 10.00.